The first-order valence-electron chi connectivity index (χ1n) is 6.97. The topological polar surface area (TPSA) is 64.2 Å². The summed E-state index contributed by atoms with van der Waals surface area (Å²) in [4.78, 5) is 17.3. The molecule has 2 heterocycles. The number of rotatable bonds is 4. The average Bonchev–Trinajstić information content (AvgIpc) is 3.04. The minimum atomic E-state index is -0.349. The number of nitro groups is 1. The molecule has 2 aromatic rings. The van der Waals surface area contributed by atoms with Gasteiger partial charge in [-0.3, -0.25) is 10.1 Å². The van der Waals surface area contributed by atoms with Crippen molar-refractivity contribution >= 4 is 16.7 Å². The quantitative estimate of drug-likeness (QED) is 0.634. The summed E-state index contributed by atoms with van der Waals surface area (Å²) in [5, 5.41) is 10.9. The Morgan fingerprint density at radius 3 is 2.75 bits per heavy atom. The molecule has 0 bridgehead atoms. The number of nitro benzene ring substituents is 1. The Morgan fingerprint density at radius 2 is 2.05 bits per heavy atom. The minimum Gasteiger partial charge on any atom is -0.329 e. The predicted molar refractivity (Wildman–Crippen MR) is 76.8 cm³/mol. The third-order valence-corrected chi connectivity index (χ3v) is 3.99. The molecule has 1 aliphatic heterocycles. The van der Waals surface area contributed by atoms with E-state index in [1.54, 1.807) is 19.3 Å². The van der Waals surface area contributed by atoms with E-state index < -0.39 is 0 Å². The molecule has 1 aliphatic rings. The normalized spacial score (nSPS) is 16.1. The van der Waals surface area contributed by atoms with E-state index in [9.17, 15) is 10.1 Å². The van der Waals surface area contributed by atoms with Crippen LogP contribution in [0.2, 0.25) is 0 Å². The fourth-order valence-corrected chi connectivity index (χ4v) is 2.83. The van der Waals surface area contributed by atoms with Gasteiger partial charge in [0, 0.05) is 24.7 Å². The molecule has 0 spiro atoms. The minimum absolute atomic E-state index is 0.141. The fourth-order valence-electron chi connectivity index (χ4n) is 2.83. The van der Waals surface area contributed by atoms with Crippen LogP contribution in [0.15, 0.2) is 18.5 Å². The maximum Gasteiger partial charge on any atom is 0.274 e. The molecule has 1 aromatic carbocycles. The number of fused-ring (bicyclic) bond motifs is 1. The summed E-state index contributed by atoms with van der Waals surface area (Å²) >= 11 is 0. The summed E-state index contributed by atoms with van der Waals surface area (Å²) in [7, 11) is 0. The van der Waals surface area contributed by atoms with Gasteiger partial charge in [-0.15, -0.1) is 0 Å². The molecule has 6 nitrogen and oxygen atoms in total. The van der Waals surface area contributed by atoms with Crippen LogP contribution in [0.4, 0.5) is 5.69 Å². The number of hydrogen-bond donors (Lipinski definition) is 0. The van der Waals surface area contributed by atoms with Gasteiger partial charge < -0.3 is 9.47 Å². The molecule has 0 N–H and O–H groups in total. The van der Waals surface area contributed by atoms with Crippen molar-refractivity contribution in [2.45, 2.75) is 26.3 Å². The third kappa shape index (κ3) is 2.38. The Bertz CT molecular complexity index is 644. The molecule has 0 radical (unpaired) electrons. The highest BCUT2D eigenvalue weighted by Crippen LogP contribution is 2.24. The number of aromatic nitrogens is 2. The summed E-state index contributed by atoms with van der Waals surface area (Å²) in [6, 6.07) is 3.43. The van der Waals surface area contributed by atoms with E-state index in [2.05, 4.69) is 14.5 Å². The first-order chi connectivity index (χ1) is 9.65. The number of hydrogen-bond acceptors (Lipinski definition) is 4. The summed E-state index contributed by atoms with van der Waals surface area (Å²) in [5.41, 5.74) is 2.50. The fraction of sp³-hybridized carbons (Fsp3) is 0.500. The summed E-state index contributed by atoms with van der Waals surface area (Å²) in [6.07, 6.45) is 4.36. The molecule has 0 saturated carbocycles. The molecule has 20 heavy (non-hydrogen) atoms. The Morgan fingerprint density at radius 1 is 1.30 bits per heavy atom. The van der Waals surface area contributed by atoms with Crippen LogP contribution < -0.4 is 0 Å². The molecular weight excluding hydrogens is 256 g/mol. The summed E-state index contributed by atoms with van der Waals surface area (Å²) in [5.74, 6) is 0. The van der Waals surface area contributed by atoms with Crippen molar-refractivity contribution < 1.29 is 4.92 Å². The van der Waals surface area contributed by atoms with Crippen LogP contribution in [-0.2, 0) is 6.54 Å². The van der Waals surface area contributed by atoms with Crippen molar-refractivity contribution in [1.29, 1.82) is 0 Å². The lowest BCUT2D eigenvalue weighted by Crippen LogP contribution is -2.23. The molecule has 0 atom stereocenters. The first-order valence-corrected chi connectivity index (χ1v) is 6.97. The smallest absolute Gasteiger partial charge is 0.274 e. The second-order valence-corrected chi connectivity index (χ2v) is 5.37. The third-order valence-electron chi connectivity index (χ3n) is 3.99. The molecule has 106 valence electrons. The van der Waals surface area contributed by atoms with E-state index in [1.165, 1.54) is 25.9 Å². The Kier molecular flexibility index (Phi) is 3.40. The van der Waals surface area contributed by atoms with E-state index in [0.717, 1.165) is 18.6 Å². The standard InChI is InChI=1S/C14H18N4O2/c1-11-8-14-12(9-13(11)18(19)20)15-10-17(14)7-6-16-4-2-3-5-16/h8-10H,2-7H2,1H3. The molecule has 1 aromatic heterocycles. The summed E-state index contributed by atoms with van der Waals surface area (Å²) in [6.45, 7) is 6.03. The Hall–Kier alpha value is -1.95. The van der Waals surface area contributed by atoms with Crippen LogP contribution >= 0.6 is 0 Å². The largest absolute Gasteiger partial charge is 0.329 e. The van der Waals surface area contributed by atoms with Gasteiger partial charge in [0.05, 0.1) is 22.3 Å². The maximum atomic E-state index is 10.9. The van der Waals surface area contributed by atoms with Crippen molar-refractivity contribution in [3.63, 3.8) is 0 Å². The second-order valence-electron chi connectivity index (χ2n) is 5.37. The van der Waals surface area contributed by atoms with Crippen molar-refractivity contribution in [3.05, 3.63) is 34.1 Å². The molecule has 1 saturated heterocycles. The highest BCUT2D eigenvalue weighted by atomic mass is 16.6. The monoisotopic (exact) mass is 274 g/mol. The van der Waals surface area contributed by atoms with Crippen molar-refractivity contribution in [1.82, 2.24) is 14.5 Å². The number of imidazole rings is 1. The second kappa shape index (κ2) is 5.20. The Labute approximate surface area is 117 Å². The summed E-state index contributed by atoms with van der Waals surface area (Å²) < 4.78 is 2.09. The lowest BCUT2D eigenvalue weighted by Gasteiger charge is -2.15. The molecule has 0 amide bonds. The van der Waals surface area contributed by atoms with Crippen LogP contribution in [0.3, 0.4) is 0 Å². The number of nitrogens with zero attached hydrogens (tertiary/aromatic N) is 4. The van der Waals surface area contributed by atoms with Crippen LogP contribution in [0, 0.1) is 17.0 Å². The van der Waals surface area contributed by atoms with E-state index in [1.807, 2.05) is 6.07 Å². The molecule has 1 fully saturated rings. The number of likely N-dealkylation sites (tertiary alicyclic amines) is 1. The number of aryl methyl sites for hydroxylation is 1. The van der Waals surface area contributed by atoms with Crippen molar-refractivity contribution in [2.75, 3.05) is 19.6 Å². The highest BCUT2D eigenvalue weighted by Gasteiger charge is 2.15. The average molecular weight is 274 g/mol. The van der Waals surface area contributed by atoms with Crippen LogP contribution in [0.25, 0.3) is 11.0 Å². The van der Waals surface area contributed by atoms with Gasteiger partial charge >= 0.3 is 0 Å². The van der Waals surface area contributed by atoms with Crippen molar-refractivity contribution in [3.8, 4) is 0 Å². The lowest BCUT2D eigenvalue weighted by atomic mass is 10.2. The van der Waals surface area contributed by atoms with Crippen molar-refractivity contribution in [2.24, 2.45) is 0 Å². The van der Waals surface area contributed by atoms with Gasteiger partial charge in [0.25, 0.3) is 5.69 Å². The molecule has 0 unspecified atom stereocenters. The first kappa shape index (κ1) is 13.1. The molecule has 6 heteroatoms. The van der Waals surface area contributed by atoms with Gasteiger partial charge in [0.1, 0.15) is 0 Å². The van der Waals surface area contributed by atoms with Gasteiger partial charge in [-0.25, -0.2) is 4.98 Å². The van der Waals surface area contributed by atoms with E-state index in [0.29, 0.717) is 11.1 Å². The van der Waals surface area contributed by atoms with Crippen LogP contribution in [0.1, 0.15) is 18.4 Å². The van der Waals surface area contributed by atoms with E-state index >= 15 is 0 Å². The molecule has 3 rings (SSSR count). The van der Waals surface area contributed by atoms with Gasteiger partial charge in [-0.2, -0.15) is 0 Å². The van der Waals surface area contributed by atoms with E-state index in [4.69, 9.17) is 0 Å². The van der Waals surface area contributed by atoms with Crippen LogP contribution in [-0.4, -0.2) is 39.0 Å². The maximum absolute atomic E-state index is 10.9. The van der Waals surface area contributed by atoms with Gasteiger partial charge in [-0.05, 0) is 38.9 Å². The van der Waals surface area contributed by atoms with Gasteiger partial charge in [-0.1, -0.05) is 0 Å². The molecule has 0 aliphatic carbocycles. The zero-order chi connectivity index (χ0) is 14.1. The predicted octanol–water partition coefficient (Wildman–Crippen LogP) is 2.35. The highest BCUT2D eigenvalue weighted by molar-refractivity contribution is 5.79. The molecular formula is C14H18N4O2. The Balaban J connectivity index is 1.85. The van der Waals surface area contributed by atoms with Crippen LogP contribution in [0.5, 0.6) is 0 Å². The lowest BCUT2D eigenvalue weighted by molar-refractivity contribution is -0.385. The zero-order valence-electron chi connectivity index (χ0n) is 11.6. The van der Waals surface area contributed by atoms with Gasteiger partial charge in [0.15, 0.2) is 0 Å². The number of benzene rings is 1. The van der Waals surface area contributed by atoms with Gasteiger partial charge in [0.2, 0.25) is 0 Å². The zero-order valence-corrected chi connectivity index (χ0v) is 11.6. The van der Waals surface area contributed by atoms with E-state index in [-0.39, 0.29) is 10.6 Å². The SMILES string of the molecule is Cc1cc2c(cc1[N+](=O)[O-])ncn2CCN1CCCC1.